The van der Waals surface area contributed by atoms with E-state index in [0.717, 1.165) is 22.8 Å². The lowest BCUT2D eigenvalue weighted by Crippen LogP contribution is -2.66. The Morgan fingerprint density at radius 1 is 1.00 bits per heavy atom. The number of hydrogen-bond donors (Lipinski definition) is 2. The molecule has 1 aromatic carbocycles. The zero-order valence-corrected chi connectivity index (χ0v) is 45.5. The number of aliphatic hydroxyl groups is 2. The number of carbonyl (C=O) groups excluding carboxylic acids is 5. The fraction of sp³-hybridized carbons (Fsp3) is 0.691. The zero-order valence-electron chi connectivity index (χ0n) is 45.5. The Balaban J connectivity index is 1.46. The van der Waals surface area contributed by atoms with Crippen molar-refractivity contribution in [3.8, 4) is 0 Å². The van der Waals surface area contributed by atoms with Crippen molar-refractivity contribution in [1.29, 1.82) is 0 Å². The Bertz CT molecular complexity index is 2290. The van der Waals surface area contributed by atoms with E-state index in [9.17, 15) is 34.2 Å². The van der Waals surface area contributed by atoms with Crippen LogP contribution in [-0.4, -0.2) is 182 Å². The molecule has 5 rings (SSSR count). The molecule has 3 aliphatic heterocycles. The van der Waals surface area contributed by atoms with Crippen LogP contribution in [0.15, 0.2) is 36.5 Å². The predicted octanol–water partition coefficient (Wildman–Crippen LogP) is 5.73. The lowest BCUT2D eigenvalue weighted by molar-refractivity contribution is -0.344. The molecular weight excluding hydrogens is 973 g/mol. The molecule has 0 bridgehead atoms. The van der Waals surface area contributed by atoms with Crippen molar-refractivity contribution in [3.63, 3.8) is 0 Å². The van der Waals surface area contributed by atoms with Gasteiger partial charge >= 0.3 is 23.9 Å². The zero-order chi connectivity index (χ0) is 55.1. The van der Waals surface area contributed by atoms with Gasteiger partial charge in [-0.3, -0.25) is 24.2 Å². The summed E-state index contributed by atoms with van der Waals surface area (Å²) in [4.78, 5) is 76.8. The van der Waals surface area contributed by atoms with Crippen molar-refractivity contribution in [1.82, 2.24) is 14.8 Å². The molecule has 416 valence electrons. The number of likely N-dealkylation sites (N-methyl/N-ethyl adjacent to an activating group) is 2. The van der Waals surface area contributed by atoms with E-state index in [-0.39, 0.29) is 32.1 Å². The van der Waals surface area contributed by atoms with Gasteiger partial charge in [-0.15, -0.1) is 0 Å². The Morgan fingerprint density at radius 2 is 1.72 bits per heavy atom. The third-order valence-electron chi connectivity index (χ3n) is 14.3. The first kappa shape index (κ1) is 60.9. The fourth-order valence-corrected chi connectivity index (χ4v) is 10.5. The number of fused-ring (bicyclic) bond motifs is 1. The summed E-state index contributed by atoms with van der Waals surface area (Å²) in [5.41, 5.74) is 0.706. The fourth-order valence-electron chi connectivity index (χ4n) is 10.5. The average Bonchev–Trinajstić information content (AvgIpc) is 3.35. The molecule has 0 aliphatic carbocycles. The van der Waals surface area contributed by atoms with E-state index in [1.807, 2.05) is 37.1 Å². The van der Waals surface area contributed by atoms with Crippen LogP contribution in [0.25, 0.3) is 21.8 Å². The van der Waals surface area contributed by atoms with Crippen molar-refractivity contribution in [2.24, 2.45) is 11.8 Å². The highest BCUT2D eigenvalue weighted by atomic mass is 16.7. The van der Waals surface area contributed by atoms with Gasteiger partial charge in [0.2, 0.25) is 0 Å². The number of ether oxygens (including phenoxy) is 9. The number of aldehydes is 1. The average molecular weight is 1050 g/mol. The number of aromatic nitrogens is 1. The van der Waals surface area contributed by atoms with E-state index >= 15 is 0 Å². The van der Waals surface area contributed by atoms with Crippen molar-refractivity contribution in [2.45, 2.75) is 192 Å². The number of aliphatic hydroxyl groups excluding tert-OH is 2. The van der Waals surface area contributed by atoms with Crippen LogP contribution in [0.2, 0.25) is 0 Å². The Hall–Kier alpha value is -4.95. The van der Waals surface area contributed by atoms with Gasteiger partial charge in [-0.1, -0.05) is 39.0 Å². The van der Waals surface area contributed by atoms with Crippen LogP contribution >= 0.6 is 0 Å². The third-order valence-corrected chi connectivity index (χ3v) is 14.3. The van der Waals surface area contributed by atoms with Gasteiger partial charge in [0.25, 0.3) is 0 Å². The van der Waals surface area contributed by atoms with Crippen LogP contribution in [0.5, 0.6) is 0 Å². The molecule has 20 nitrogen and oxygen atoms in total. The van der Waals surface area contributed by atoms with E-state index in [2.05, 4.69) is 9.83 Å². The third kappa shape index (κ3) is 16.8. The topological polar surface area (TPSA) is 233 Å². The molecule has 20 heteroatoms. The predicted molar refractivity (Wildman–Crippen MR) is 275 cm³/mol. The molecule has 3 fully saturated rings. The summed E-state index contributed by atoms with van der Waals surface area (Å²) in [5.74, 6) is -3.55. The number of benzene rings is 1. The minimum atomic E-state index is -1.45. The van der Waals surface area contributed by atoms with Crippen molar-refractivity contribution in [2.75, 3.05) is 41.3 Å². The van der Waals surface area contributed by atoms with E-state index in [1.165, 1.54) is 14.0 Å². The number of nitrogens with zero attached hydrogens (tertiary/aromatic N) is 4. The molecule has 4 heterocycles. The normalized spacial score (nSPS) is 33.8. The number of methoxy groups -OCH3 is 1. The highest BCUT2D eigenvalue weighted by Crippen LogP contribution is 2.39. The van der Waals surface area contributed by atoms with Crippen LogP contribution in [-0.2, 0) is 66.6 Å². The van der Waals surface area contributed by atoms with Gasteiger partial charge in [0.05, 0.1) is 49.0 Å². The van der Waals surface area contributed by atoms with Gasteiger partial charge in [0.1, 0.15) is 36.8 Å². The second-order valence-electron chi connectivity index (χ2n) is 20.6. The van der Waals surface area contributed by atoms with Crippen molar-refractivity contribution >= 4 is 52.8 Å². The number of rotatable bonds is 16. The van der Waals surface area contributed by atoms with Crippen LogP contribution in [0.3, 0.4) is 0 Å². The molecule has 2 N–H and O–H groups in total. The minimum absolute atomic E-state index is 0.0318. The van der Waals surface area contributed by atoms with Crippen LogP contribution < -0.4 is 0 Å². The number of carbonyl (C=O) groups is 5. The molecule has 16 atom stereocenters. The summed E-state index contributed by atoms with van der Waals surface area (Å²) >= 11 is 0. The molecule has 3 aliphatic rings. The summed E-state index contributed by atoms with van der Waals surface area (Å²) < 4.78 is 56.1. The highest BCUT2D eigenvalue weighted by molar-refractivity contribution is 5.84. The number of pyridine rings is 1. The Labute approximate surface area is 441 Å². The maximum atomic E-state index is 14.2. The maximum absolute atomic E-state index is 14.2. The van der Waals surface area contributed by atoms with Crippen LogP contribution in [0.4, 0.5) is 5.69 Å². The Kier molecular flexibility index (Phi) is 23.1. The number of β-amino-alcohol motifs (C(OH)–C–C–N with tert-alkyl or cyclic N) is 1. The Morgan fingerprint density at radius 3 is 2.37 bits per heavy atom. The summed E-state index contributed by atoms with van der Waals surface area (Å²) in [6.07, 6.45) is -5.24. The summed E-state index contributed by atoms with van der Waals surface area (Å²) in [5, 5.41) is 24.9. The largest absolute Gasteiger partial charge is 0.462 e. The van der Waals surface area contributed by atoms with Crippen LogP contribution in [0.1, 0.15) is 112 Å². The molecule has 75 heavy (non-hydrogen) atoms. The minimum Gasteiger partial charge on any atom is -0.462 e. The first-order valence-electron chi connectivity index (χ1n) is 26.1. The molecule has 5 unspecified atom stereocenters. The molecule has 1 aromatic heterocycles. The van der Waals surface area contributed by atoms with Gasteiger partial charge in [-0.2, -0.15) is 0 Å². The molecule has 0 amide bonds. The quantitative estimate of drug-likeness (QED) is 0.0884. The van der Waals surface area contributed by atoms with Gasteiger partial charge in [0, 0.05) is 58.9 Å². The molecule has 0 saturated carbocycles. The summed E-state index contributed by atoms with van der Waals surface area (Å²) in [6.45, 7) is 19.7. The monoisotopic (exact) mass is 1050 g/mol. The van der Waals surface area contributed by atoms with Crippen molar-refractivity contribution < 1.29 is 76.8 Å². The lowest BCUT2D eigenvalue weighted by atomic mass is 9.82. The summed E-state index contributed by atoms with van der Waals surface area (Å²) in [7, 11) is 6.76. The first-order chi connectivity index (χ1) is 35.6. The van der Waals surface area contributed by atoms with E-state index < -0.39 is 127 Å². The van der Waals surface area contributed by atoms with E-state index in [1.54, 1.807) is 78.0 Å². The van der Waals surface area contributed by atoms with Crippen molar-refractivity contribution in [3.05, 3.63) is 53.5 Å². The van der Waals surface area contributed by atoms with Gasteiger partial charge in [-0.05, 0) is 109 Å². The smallest absolute Gasteiger partial charge is 0.309 e. The van der Waals surface area contributed by atoms with E-state index in [0.29, 0.717) is 38.0 Å². The maximum Gasteiger partial charge on any atom is 0.309 e. The lowest BCUT2D eigenvalue weighted by Gasteiger charge is -2.50. The van der Waals surface area contributed by atoms with Gasteiger partial charge in [-0.25, -0.2) is 4.85 Å². The molecule has 2 aromatic rings. The first-order valence-corrected chi connectivity index (χ1v) is 26.1. The van der Waals surface area contributed by atoms with E-state index in [4.69, 9.17) is 49.2 Å². The standard InChI is InChI=1S/C55H80N4O16/c1-13-44(63)71-43-28-46(65)70-40(18-15-17-36-26-38-27-39(56-8)20-21-41(38)57-30-36)19-16-23-59(11)31-42(62)32(3)25-37(22-24-60)51(52(43)67-12)74-54-49(66)48(58(9)10)50(33(4)69-54)73-47-29-55(7,75-35(6)61)53(34(5)68-47)72-45(64)14-2/h15,17,20-21,24,26-27,30,32-34,37,40,42-43,47-54,62,66H,13-14,16,18-19,22-23,25,28-29,31H2,1-7,9-12H3/b17-15+/t32-,33?,34?,37+,40+,42+,43-,47+,48?,49?,50+,51+,52+,53+,54+,55?/m1/s1. The molecule has 0 radical (unpaired) electrons. The van der Waals surface area contributed by atoms with Crippen LogP contribution in [0, 0.1) is 18.4 Å². The molecular formula is C55H80N4O16. The number of cyclic esters (lactones) is 1. The molecule has 0 spiro atoms. The molecule has 3 saturated heterocycles. The number of hydrogen-bond acceptors (Lipinski definition) is 19. The number of esters is 4. The highest BCUT2D eigenvalue weighted by Gasteiger charge is 2.54. The van der Waals surface area contributed by atoms with Gasteiger partial charge in [0.15, 0.2) is 30.0 Å². The SMILES string of the molecule is [C-]#[N+]c1ccc2ncc(/C=C/C[C@H]3CCCN(C)C[C@H](O)[C@H](C)C[C@H](CC=O)[C@H](O[C@@H]4OC(C)[C@H](O[C@H]5CC(C)(OC(C)=O)[C@@H](OC(=O)CC)C(C)O5)C(N(C)C)C4O)[C@@H](OC)[C@H](OC(=O)CC)CC(=O)O3)cc2c1. The summed E-state index contributed by atoms with van der Waals surface area (Å²) in [6, 6.07) is 6.38. The second kappa shape index (κ2) is 28.4. The second-order valence-corrected chi connectivity index (χ2v) is 20.6. The van der Waals surface area contributed by atoms with Gasteiger partial charge < -0.3 is 67.4 Å².